The molecule has 0 bridgehead atoms. The molecule has 3 aromatic carbocycles. The van der Waals surface area contributed by atoms with Gasteiger partial charge in [0.15, 0.2) is 0 Å². The third-order valence-corrected chi connectivity index (χ3v) is 8.22. The van der Waals surface area contributed by atoms with Crippen molar-refractivity contribution in [2.75, 3.05) is 47.0 Å². The average molecular weight is 645 g/mol. The number of carbonyl (C=O) groups excluding carboxylic acids is 3. The molecule has 0 spiro atoms. The van der Waals surface area contributed by atoms with Crippen molar-refractivity contribution >= 4 is 17.9 Å². The minimum absolute atomic E-state index is 0.00361. The minimum atomic E-state index is -0.479. The molecule has 0 fully saturated rings. The molecule has 3 aromatic rings. The van der Waals surface area contributed by atoms with Gasteiger partial charge in [0, 0.05) is 62.6 Å². The first kappa shape index (κ1) is 35.3. The summed E-state index contributed by atoms with van der Waals surface area (Å²) in [5.41, 5.74) is 5.71. The van der Waals surface area contributed by atoms with Crippen molar-refractivity contribution in [2.45, 2.75) is 58.0 Å². The number of nitrogens with one attached hydrogen (secondary N) is 3. The van der Waals surface area contributed by atoms with Crippen molar-refractivity contribution in [2.24, 2.45) is 0 Å². The quantitative estimate of drug-likeness (QED) is 0.162. The average Bonchev–Trinajstić information content (AvgIpc) is 3.39. The van der Waals surface area contributed by atoms with Crippen LogP contribution in [0.1, 0.15) is 62.1 Å². The third-order valence-electron chi connectivity index (χ3n) is 8.22. The number of fused-ring (bicyclic) bond motifs is 3. The van der Waals surface area contributed by atoms with E-state index < -0.39 is 6.09 Å². The number of amides is 3. The summed E-state index contributed by atoms with van der Waals surface area (Å²) in [6.45, 7) is 6.89. The SMILES string of the molecule is CCNC(=O)CCCOc1ccc(CN(C)CCNC(=O)CC[C@@H](C)NC(=O)OCC2c3ccccc3-c3ccccc32)c(OC)c1. The number of ether oxygens (including phenoxy) is 3. The number of carbonyl (C=O) groups is 3. The Morgan fingerprint density at radius 1 is 0.915 bits per heavy atom. The fraction of sp³-hybridized carbons (Fsp3) is 0.432. The van der Waals surface area contributed by atoms with Gasteiger partial charge >= 0.3 is 6.09 Å². The summed E-state index contributed by atoms with van der Waals surface area (Å²) in [7, 11) is 3.61. The Bertz CT molecular complexity index is 1450. The second-order valence-corrected chi connectivity index (χ2v) is 11.9. The second-order valence-electron chi connectivity index (χ2n) is 11.9. The molecule has 252 valence electrons. The molecule has 1 aliphatic rings. The first-order chi connectivity index (χ1) is 22.8. The Morgan fingerprint density at radius 3 is 2.28 bits per heavy atom. The van der Waals surface area contributed by atoms with E-state index >= 15 is 0 Å². The number of likely N-dealkylation sites (N-methyl/N-ethyl adjacent to an activating group) is 1. The van der Waals surface area contributed by atoms with Crippen LogP contribution in [0, 0.1) is 0 Å². The Balaban J connectivity index is 1.11. The van der Waals surface area contributed by atoms with Crippen LogP contribution in [0.4, 0.5) is 4.79 Å². The fourth-order valence-corrected chi connectivity index (χ4v) is 5.76. The van der Waals surface area contributed by atoms with E-state index in [4.69, 9.17) is 14.2 Å². The summed E-state index contributed by atoms with van der Waals surface area (Å²) in [6.07, 6.45) is 1.39. The van der Waals surface area contributed by atoms with Crippen LogP contribution in [-0.4, -0.2) is 75.9 Å². The van der Waals surface area contributed by atoms with Crippen LogP contribution in [-0.2, 0) is 20.9 Å². The van der Waals surface area contributed by atoms with Crippen LogP contribution in [0.25, 0.3) is 11.1 Å². The van der Waals surface area contributed by atoms with E-state index in [2.05, 4.69) is 45.1 Å². The summed E-state index contributed by atoms with van der Waals surface area (Å²) in [5.74, 6) is 1.38. The molecule has 4 rings (SSSR count). The van der Waals surface area contributed by atoms with E-state index in [1.54, 1.807) is 7.11 Å². The van der Waals surface area contributed by atoms with Crippen molar-refractivity contribution < 1.29 is 28.6 Å². The zero-order valence-corrected chi connectivity index (χ0v) is 28.0. The van der Waals surface area contributed by atoms with E-state index in [0.29, 0.717) is 64.2 Å². The van der Waals surface area contributed by atoms with Crippen LogP contribution in [0.5, 0.6) is 11.5 Å². The molecule has 0 radical (unpaired) electrons. The summed E-state index contributed by atoms with van der Waals surface area (Å²) in [4.78, 5) is 38.8. The third kappa shape index (κ3) is 10.5. The first-order valence-electron chi connectivity index (χ1n) is 16.4. The summed E-state index contributed by atoms with van der Waals surface area (Å²) in [6, 6.07) is 22.0. The highest BCUT2D eigenvalue weighted by Crippen LogP contribution is 2.44. The predicted molar refractivity (Wildman–Crippen MR) is 183 cm³/mol. The van der Waals surface area contributed by atoms with E-state index in [1.165, 1.54) is 22.3 Å². The van der Waals surface area contributed by atoms with E-state index in [1.807, 2.05) is 63.4 Å². The largest absolute Gasteiger partial charge is 0.496 e. The van der Waals surface area contributed by atoms with Gasteiger partial charge in [-0.25, -0.2) is 4.79 Å². The van der Waals surface area contributed by atoms with Crippen molar-refractivity contribution in [1.82, 2.24) is 20.9 Å². The molecule has 1 aliphatic carbocycles. The Hall–Kier alpha value is -4.57. The van der Waals surface area contributed by atoms with E-state index in [9.17, 15) is 14.4 Å². The van der Waals surface area contributed by atoms with Gasteiger partial charge in [0.05, 0.1) is 13.7 Å². The van der Waals surface area contributed by atoms with Gasteiger partial charge in [-0.1, -0.05) is 54.6 Å². The number of benzene rings is 3. The van der Waals surface area contributed by atoms with Crippen molar-refractivity contribution in [3.05, 3.63) is 83.4 Å². The maximum atomic E-state index is 12.6. The number of methoxy groups -OCH3 is 1. The zero-order chi connectivity index (χ0) is 33.6. The number of hydrogen-bond donors (Lipinski definition) is 3. The number of hydrogen-bond acceptors (Lipinski definition) is 7. The van der Waals surface area contributed by atoms with Crippen LogP contribution < -0.4 is 25.4 Å². The second kappa shape index (κ2) is 17.9. The maximum absolute atomic E-state index is 12.6. The highest BCUT2D eigenvalue weighted by Gasteiger charge is 2.29. The topological polar surface area (TPSA) is 118 Å². The van der Waals surface area contributed by atoms with E-state index in [0.717, 1.165) is 11.3 Å². The molecule has 1 atom stereocenters. The lowest BCUT2D eigenvalue weighted by atomic mass is 9.98. The molecule has 0 aromatic heterocycles. The molecular weight excluding hydrogens is 596 g/mol. The van der Waals surface area contributed by atoms with Gasteiger partial charge in [0.2, 0.25) is 11.8 Å². The van der Waals surface area contributed by atoms with Gasteiger partial charge in [-0.15, -0.1) is 0 Å². The van der Waals surface area contributed by atoms with E-state index in [-0.39, 0.29) is 30.4 Å². The van der Waals surface area contributed by atoms with Crippen LogP contribution >= 0.6 is 0 Å². The minimum Gasteiger partial charge on any atom is -0.496 e. The molecule has 3 N–H and O–H groups in total. The molecule has 0 aliphatic heterocycles. The van der Waals surface area contributed by atoms with Crippen LogP contribution in [0.2, 0.25) is 0 Å². The zero-order valence-electron chi connectivity index (χ0n) is 28.0. The first-order valence-corrected chi connectivity index (χ1v) is 16.4. The van der Waals surface area contributed by atoms with Gasteiger partial charge in [0.1, 0.15) is 18.1 Å². The lowest BCUT2D eigenvalue weighted by Crippen LogP contribution is -2.36. The van der Waals surface area contributed by atoms with Gasteiger partial charge < -0.3 is 35.1 Å². The molecule has 0 saturated heterocycles. The Morgan fingerprint density at radius 2 is 1.60 bits per heavy atom. The summed E-state index contributed by atoms with van der Waals surface area (Å²) >= 11 is 0. The van der Waals surface area contributed by atoms with Crippen molar-refractivity contribution in [3.8, 4) is 22.6 Å². The Kier molecular flexibility index (Phi) is 13.5. The smallest absolute Gasteiger partial charge is 0.407 e. The maximum Gasteiger partial charge on any atom is 0.407 e. The Labute approximate surface area is 278 Å². The van der Waals surface area contributed by atoms with Crippen LogP contribution in [0.3, 0.4) is 0 Å². The lowest BCUT2D eigenvalue weighted by Gasteiger charge is -2.19. The summed E-state index contributed by atoms with van der Waals surface area (Å²) < 4.78 is 17.0. The molecule has 0 saturated carbocycles. The standard InChI is InChI=1S/C37H48N4O6/c1-5-38-35(42)15-10-22-46-28-18-17-27(34(23-28)45-4)24-41(3)21-20-39-36(43)19-16-26(2)40-37(44)47-25-33-31-13-8-6-11-29(31)30-12-7-9-14-32(30)33/h6-9,11-14,17-18,23,26,33H,5,10,15-16,19-22,24-25H2,1-4H3,(H,38,42)(H,39,43)(H,40,44)/t26-/m1/s1. The van der Waals surface area contributed by atoms with Crippen molar-refractivity contribution in [3.63, 3.8) is 0 Å². The highest BCUT2D eigenvalue weighted by atomic mass is 16.5. The molecular formula is C37H48N4O6. The predicted octanol–water partition coefficient (Wildman–Crippen LogP) is 5.25. The fourth-order valence-electron chi connectivity index (χ4n) is 5.76. The van der Waals surface area contributed by atoms with Crippen molar-refractivity contribution in [1.29, 1.82) is 0 Å². The molecule has 0 unspecified atom stereocenters. The highest BCUT2D eigenvalue weighted by molar-refractivity contribution is 5.79. The van der Waals surface area contributed by atoms with Gasteiger partial charge in [-0.05, 0) is 62.1 Å². The molecule has 10 heteroatoms. The van der Waals surface area contributed by atoms with Gasteiger partial charge in [-0.3, -0.25) is 9.59 Å². The normalized spacial score (nSPS) is 12.5. The number of rotatable bonds is 18. The molecule has 0 heterocycles. The van der Waals surface area contributed by atoms with Crippen LogP contribution in [0.15, 0.2) is 66.7 Å². The van der Waals surface area contributed by atoms with Gasteiger partial charge in [0.25, 0.3) is 0 Å². The molecule has 3 amide bonds. The number of alkyl carbamates (subject to hydrolysis) is 1. The molecule has 47 heavy (non-hydrogen) atoms. The van der Waals surface area contributed by atoms with Gasteiger partial charge in [-0.2, -0.15) is 0 Å². The summed E-state index contributed by atoms with van der Waals surface area (Å²) in [5, 5.41) is 8.61. The number of nitrogens with zero attached hydrogens (tertiary/aromatic N) is 1. The molecule has 10 nitrogen and oxygen atoms in total. The lowest BCUT2D eigenvalue weighted by molar-refractivity contribution is -0.122. The monoisotopic (exact) mass is 644 g/mol.